The first-order valence-corrected chi connectivity index (χ1v) is 8.81. The highest BCUT2D eigenvalue weighted by molar-refractivity contribution is 7.99. The molecule has 126 valence electrons. The topological polar surface area (TPSA) is 62.0 Å². The number of H-pyrrole nitrogens is 1. The second-order valence-corrected chi connectivity index (χ2v) is 7.11. The number of benzene rings is 1. The summed E-state index contributed by atoms with van der Waals surface area (Å²) in [6, 6.07) is 4.72. The number of ketones is 1. The lowest BCUT2D eigenvalue weighted by Gasteiger charge is -2.26. The number of aromatic nitrogens is 1. The molecule has 4 nitrogen and oxygen atoms in total. The molecule has 3 rings (SSSR count). The summed E-state index contributed by atoms with van der Waals surface area (Å²) in [7, 11) is 0. The number of carbonyl (C=O) groups is 2. The van der Waals surface area contributed by atoms with Crippen molar-refractivity contribution in [3.63, 3.8) is 0 Å². The van der Waals surface area contributed by atoms with Gasteiger partial charge in [-0.05, 0) is 44.4 Å². The van der Waals surface area contributed by atoms with Crippen molar-refractivity contribution < 1.29 is 14.0 Å². The molecule has 0 spiro atoms. The van der Waals surface area contributed by atoms with Crippen LogP contribution in [0, 0.1) is 19.7 Å². The van der Waals surface area contributed by atoms with E-state index in [9.17, 15) is 14.0 Å². The molecule has 0 unspecified atom stereocenters. The monoisotopic (exact) mass is 346 g/mol. The van der Waals surface area contributed by atoms with Crippen LogP contribution in [0.4, 0.5) is 4.39 Å². The Hall–Kier alpha value is -2.08. The highest BCUT2D eigenvalue weighted by Crippen LogP contribution is 2.37. The molecule has 0 saturated heterocycles. The molecule has 2 heterocycles. The normalized spacial score (nSPS) is 16.6. The average molecular weight is 346 g/mol. The molecule has 1 aliphatic heterocycles. The summed E-state index contributed by atoms with van der Waals surface area (Å²) in [5.41, 5.74) is 3.12. The van der Waals surface area contributed by atoms with E-state index in [1.807, 2.05) is 6.07 Å². The Morgan fingerprint density at radius 3 is 2.75 bits per heavy atom. The fraction of sp³-hybridized carbons (Fsp3) is 0.333. The fourth-order valence-corrected chi connectivity index (χ4v) is 4.41. The number of carbonyl (C=O) groups excluding carboxylic acids is 2. The number of thioether (sulfide) groups is 1. The lowest BCUT2D eigenvalue weighted by molar-refractivity contribution is 0.0929. The zero-order valence-corrected chi connectivity index (χ0v) is 14.6. The Bertz CT molecular complexity index is 829. The van der Waals surface area contributed by atoms with Crippen molar-refractivity contribution in [2.45, 2.75) is 38.1 Å². The van der Waals surface area contributed by atoms with E-state index in [-0.39, 0.29) is 23.5 Å². The van der Waals surface area contributed by atoms with Crippen LogP contribution in [-0.4, -0.2) is 22.4 Å². The minimum Gasteiger partial charge on any atom is -0.354 e. The summed E-state index contributed by atoms with van der Waals surface area (Å²) >= 11 is 1.48. The standard InChI is InChI=1S/C18H19FN2O2S/c1-9-15(11(3)22)10(2)20-16(9)18(23)21-14-7-8-24-17-12(14)5-4-6-13(17)19/h4-6,14,20H,7-8H2,1-3H3,(H,21,23)/t14-/m0/s1. The van der Waals surface area contributed by atoms with Crippen LogP contribution in [0.3, 0.4) is 0 Å². The van der Waals surface area contributed by atoms with Crippen molar-refractivity contribution in [1.29, 1.82) is 0 Å². The molecular weight excluding hydrogens is 327 g/mol. The average Bonchev–Trinajstić information content (AvgIpc) is 2.83. The summed E-state index contributed by atoms with van der Waals surface area (Å²) < 4.78 is 13.9. The SMILES string of the molecule is CC(=O)c1c(C)[nH]c(C(=O)N[C@H]2CCSc3c(F)cccc32)c1C. The van der Waals surface area contributed by atoms with E-state index in [2.05, 4.69) is 10.3 Å². The number of halogens is 1. The Kier molecular flexibility index (Phi) is 4.49. The first-order chi connectivity index (χ1) is 11.4. The Morgan fingerprint density at radius 2 is 2.08 bits per heavy atom. The van der Waals surface area contributed by atoms with Gasteiger partial charge in [0, 0.05) is 21.9 Å². The number of hydrogen-bond donors (Lipinski definition) is 2. The van der Waals surface area contributed by atoms with E-state index in [0.717, 1.165) is 17.7 Å². The Labute approximate surface area is 144 Å². The third-order valence-corrected chi connectivity index (χ3v) is 5.51. The number of nitrogens with one attached hydrogen (secondary N) is 2. The third-order valence-electron chi connectivity index (χ3n) is 4.35. The quantitative estimate of drug-likeness (QED) is 0.828. The van der Waals surface area contributed by atoms with Gasteiger partial charge in [0.1, 0.15) is 11.5 Å². The maximum Gasteiger partial charge on any atom is 0.268 e. The van der Waals surface area contributed by atoms with Gasteiger partial charge in [-0.1, -0.05) is 12.1 Å². The van der Waals surface area contributed by atoms with Gasteiger partial charge in [0.05, 0.1) is 6.04 Å². The van der Waals surface area contributed by atoms with Gasteiger partial charge in [-0.15, -0.1) is 11.8 Å². The summed E-state index contributed by atoms with van der Waals surface area (Å²) in [6.07, 6.45) is 0.741. The van der Waals surface area contributed by atoms with E-state index < -0.39 is 0 Å². The molecule has 2 aromatic rings. The summed E-state index contributed by atoms with van der Waals surface area (Å²) in [6.45, 7) is 5.03. The largest absolute Gasteiger partial charge is 0.354 e. The number of hydrogen-bond acceptors (Lipinski definition) is 3. The minimum atomic E-state index is -0.268. The van der Waals surface area contributed by atoms with Gasteiger partial charge >= 0.3 is 0 Å². The second kappa shape index (κ2) is 6.43. The molecule has 1 aliphatic rings. The van der Waals surface area contributed by atoms with Crippen LogP contribution >= 0.6 is 11.8 Å². The molecule has 0 aliphatic carbocycles. The number of rotatable bonds is 3. The van der Waals surface area contributed by atoms with Crippen molar-refractivity contribution in [3.8, 4) is 0 Å². The van der Waals surface area contributed by atoms with Gasteiger partial charge in [0.2, 0.25) is 0 Å². The fourth-order valence-electron chi connectivity index (χ4n) is 3.27. The predicted molar refractivity (Wildman–Crippen MR) is 92.2 cm³/mol. The van der Waals surface area contributed by atoms with E-state index in [4.69, 9.17) is 0 Å². The number of fused-ring (bicyclic) bond motifs is 1. The molecule has 0 fully saturated rings. The van der Waals surface area contributed by atoms with Crippen LogP contribution in [0.5, 0.6) is 0 Å². The van der Waals surface area contributed by atoms with Crippen molar-refractivity contribution in [2.75, 3.05) is 5.75 Å². The van der Waals surface area contributed by atoms with Crippen LogP contribution in [0.25, 0.3) is 0 Å². The summed E-state index contributed by atoms with van der Waals surface area (Å²) in [5, 5.41) is 2.98. The molecule has 0 bridgehead atoms. The Balaban J connectivity index is 1.89. The van der Waals surface area contributed by atoms with Gasteiger partial charge < -0.3 is 10.3 Å². The third kappa shape index (κ3) is 2.86. The molecule has 24 heavy (non-hydrogen) atoms. The van der Waals surface area contributed by atoms with Gasteiger partial charge in [-0.3, -0.25) is 9.59 Å². The number of aromatic amines is 1. The minimum absolute atomic E-state index is 0.0678. The zero-order valence-electron chi connectivity index (χ0n) is 13.8. The van der Waals surface area contributed by atoms with Crippen LogP contribution in [0.15, 0.2) is 23.1 Å². The molecule has 0 radical (unpaired) electrons. The Morgan fingerprint density at radius 1 is 1.33 bits per heavy atom. The van der Waals surface area contributed by atoms with Gasteiger partial charge in [-0.2, -0.15) is 0 Å². The number of Topliss-reactive ketones (excluding diaryl/α,β-unsaturated/α-hetero) is 1. The lowest BCUT2D eigenvalue weighted by Crippen LogP contribution is -2.31. The van der Waals surface area contributed by atoms with Gasteiger partial charge in [0.25, 0.3) is 5.91 Å². The highest BCUT2D eigenvalue weighted by Gasteiger charge is 2.27. The maximum absolute atomic E-state index is 13.9. The first kappa shape index (κ1) is 16.8. The molecular formula is C18H19FN2O2S. The van der Waals surface area contributed by atoms with Gasteiger partial charge in [0.15, 0.2) is 5.78 Å². The van der Waals surface area contributed by atoms with Crippen molar-refractivity contribution in [3.05, 3.63) is 52.1 Å². The van der Waals surface area contributed by atoms with Crippen LogP contribution in [0.2, 0.25) is 0 Å². The highest BCUT2D eigenvalue weighted by atomic mass is 32.2. The predicted octanol–water partition coefficient (Wildman–Crippen LogP) is 3.94. The smallest absolute Gasteiger partial charge is 0.268 e. The molecule has 2 N–H and O–H groups in total. The molecule has 0 saturated carbocycles. The van der Waals surface area contributed by atoms with E-state index >= 15 is 0 Å². The van der Waals surface area contributed by atoms with E-state index in [1.54, 1.807) is 19.9 Å². The zero-order chi connectivity index (χ0) is 17.4. The molecule has 1 aromatic carbocycles. The summed E-state index contributed by atoms with van der Waals surface area (Å²) in [5.74, 6) is 0.166. The van der Waals surface area contributed by atoms with Crippen LogP contribution in [-0.2, 0) is 0 Å². The van der Waals surface area contributed by atoms with Crippen molar-refractivity contribution >= 4 is 23.5 Å². The molecule has 1 aromatic heterocycles. The summed E-state index contributed by atoms with van der Waals surface area (Å²) in [4.78, 5) is 28.0. The number of aryl methyl sites for hydroxylation is 1. The van der Waals surface area contributed by atoms with Crippen molar-refractivity contribution in [2.24, 2.45) is 0 Å². The molecule has 1 amide bonds. The maximum atomic E-state index is 13.9. The molecule has 1 atom stereocenters. The van der Waals surface area contributed by atoms with Crippen LogP contribution < -0.4 is 5.32 Å². The van der Waals surface area contributed by atoms with E-state index in [1.165, 1.54) is 24.8 Å². The van der Waals surface area contributed by atoms with Crippen LogP contribution in [0.1, 0.15) is 57.1 Å². The second-order valence-electron chi connectivity index (χ2n) is 6.00. The lowest BCUT2D eigenvalue weighted by atomic mass is 10.0. The van der Waals surface area contributed by atoms with E-state index in [0.29, 0.717) is 27.4 Å². The molecule has 6 heteroatoms. The number of amides is 1. The van der Waals surface area contributed by atoms with Crippen molar-refractivity contribution in [1.82, 2.24) is 10.3 Å². The van der Waals surface area contributed by atoms with Gasteiger partial charge in [-0.25, -0.2) is 4.39 Å². The first-order valence-electron chi connectivity index (χ1n) is 7.82.